The maximum atomic E-state index is 13.2. The van der Waals surface area contributed by atoms with E-state index in [1.54, 1.807) is 0 Å². The average molecular weight is 430 g/mol. The summed E-state index contributed by atoms with van der Waals surface area (Å²) in [5.74, 6) is -1.56. The predicted molar refractivity (Wildman–Crippen MR) is 93.4 cm³/mol. The molecular weight excluding hydrogens is 418 g/mol. The minimum Gasteiger partial charge on any atom is -0.394 e. The maximum Gasteiger partial charge on any atom is 0.416 e. The lowest BCUT2D eigenvalue weighted by atomic mass is 10.1. The molecule has 1 amide bonds. The van der Waals surface area contributed by atoms with Gasteiger partial charge < -0.3 is 14.9 Å². The van der Waals surface area contributed by atoms with E-state index in [0.717, 1.165) is 24.3 Å². The van der Waals surface area contributed by atoms with Crippen molar-refractivity contribution in [1.82, 2.24) is 15.5 Å². The summed E-state index contributed by atoms with van der Waals surface area (Å²) in [6, 6.07) is 6.32. The molecule has 1 atom stereocenters. The zero-order valence-corrected chi connectivity index (χ0v) is 15.1. The first kappa shape index (κ1) is 20.7. The summed E-state index contributed by atoms with van der Waals surface area (Å²) in [4.78, 5) is 16.3. The fourth-order valence-corrected chi connectivity index (χ4v) is 2.55. The number of amides is 1. The molecule has 6 nitrogen and oxygen atoms in total. The van der Waals surface area contributed by atoms with Gasteiger partial charge in [0.25, 0.3) is 11.8 Å². The molecule has 0 aliphatic carbocycles. The zero-order valence-electron chi connectivity index (χ0n) is 14.4. The van der Waals surface area contributed by atoms with Crippen molar-refractivity contribution in [2.45, 2.75) is 12.2 Å². The monoisotopic (exact) mass is 429 g/mol. The average Bonchev–Trinajstić information content (AvgIpc) is 3.17. The number of carbonyl (C=O) groups excluding carboxylic acids is 1. The van der Waals surface area contributed by atoms with Gasteiger partial charge in [-0.25, -0.2) is 4.39 Å². The van der Waals surface area contributed by atoms with Crippen molar-refractivity contribution in [3.63, 3.8) is 0 Å². The van der Waals surface area contributed by atoms with Crippen LogP contribution in [0.2, 0.25) is 5.02 Å². The summed E-state index contributed by atoms with van der Waals surface area (Å²) in [6.07, 6.45) is -4.48. The summed E-state index contributed by atoms with van der Waals surface area (Å²) in [5, 5.41) is 15.4. The molecule has 1 aromatic heterocycles. The first-order valence-corrected chi connectivity index (χ1v) is 8.45. The topological polar surface area (TPSA) is 88.2 Å². The first-order chi connectivity index (χ1) is 13.7. The number of aliphatic hydroxyl groups excluding tert-OH is 1. The number of carbonyl (C=O) groups is 1. The molecule has 3 aromatic rings. The highest BCUT2D eigenvalue weighted by Crippen LogP contribution is 2.30. The number of rotatable bonds is 5. The van der Waals surface area contributed by atoms with E-state index < -0.39 is 36.1 Å². The third-order valence-corrected chi connectivity index (χ3v) is 4.17. The van der Waals surface area contributed by atoms with Gasteiger partial charge in [0.15, 0.2) is 0 Å². The number of benzene rings is 2. The van der Waals surface area contributed by atoms with Gasteiger partial charge in [0.05, 0.1) is 17.2 Å². The normalized spacial score (nSPS) is 12.6. The molecule has 2 aromatic carbocycles. The molecule has 0 unspecified atom stereocenters. The molecule has 0 saturated heterocycles. The number of nitrogens with one attached hydrogen (secondary N) is 1. The third-order valence-electron chi connectivity index (χ3n) is 3.88. The second-order valence-corrected chi connectivity index (χ2v) is 6.28. The summed E-state index contributed by atoms with van der Waals surface area (Å²) >= 11 is 5.64. The van der Waals surface area contributed by atoms with Crippen LogP contribution in [0.4, 0.5) is 17.6 Å². The van der Waals surface area contributed by atoms with Gasteiger partial charge in [-0.3, -0.25) is 4.79 Å². The molecule has 11 heteroatoms. The lowest BCUT2D eigenvalue weighted by Gasteiger charge is -2.12. The first-order valence-electron chi connectivity index (χ1n) is 8.07. The molecule has 0 aliphatic heterocycles. The van der Waals surface area contributed by atoms with Crippen LogP contribution in [0.25, 0.3) is 11.4 Å². The van der Waals surface area contributed by atoms with Crippen molar-refractivity contribution in [3.8, 4) is 11.4 Å². The Balaban J connectivity index is 1.76. The van der Waals surface area contributed by atoms with Gasteiger partial charge in [-0.1, -0.05) is 28.9 Å². The lowest BCUT2D eigenvalue weighted by molar-refractivity contribution is -0.137. The second kappa shape index (κ2) is 8.18. The van der Waals surface area contributed by atoms with E-state index in [2.05, 4.69) is 15.5 Å². The standard InChI is InChI=1S/C18H12ClF4N3O3/c19-12-7-10(3-6-13(12)20)16(28)24-14(8-27)17-25-15(26-29-17)9-1-4-11(5-2-9)18(21,22)23/h1-7,14,27H,8H2,(H,24,28)/t14-/m0/s1. The van der Waals surface area contributed by atoms with Gasteiger partial charge in [0, 0.05) is 11.1 Å². The molecule has 152 valence electrons. The van der Waals surface area contributed by atoms with E-state index >= 15 is 0 Å². The highest BCUT2D eigenvalue weighted by molar-refractivity contribution is 6.31. The van der Waals surface area contributed by atoms with E-state index in [-0.39, 0.29) is 27.9 Å². The Kier molecular flexibility index (Phi) is 5.85. The quantitative estimate of drug-likeness (QED) is 0.598. The van der Waals surface area contributed by atoms with Crippen molar-refractivity contribution < 1.29 is 32.0 Å². The van der Waals surface area contributed by atoms with E-state index in [4.69, 9.17) is 16.1 Å². The Morgan fingerprint density at radius 3 is 2.48 bits per heavy atom. The molecule has 2 N–H and O–H groups in total. The van der Waals surface area contributed by atoms with E-state index in [1.165, 1.54) is 18.2 Å². The Hall–Kier alpha value is -2.98. The van der Waals surface area contributed by atoms with Gasteiger partial charge in [0.1, 0.15) is 11.9 Å². The SMILES string of the molecule is O=C(N[C@@H](CO)c1nc(-c2ccc(C(F)(F)F)cc2)no1)c1ccc(F)c(Cl)c1. The van der Waals surface area contributed by atoms with Crippen LogP contribution >= 0.6 is 11.6 Å². The zero-order chi connectivity index (χ0) is 21.2. The van der Waals surface area contributed by atoms with Crippen LogP contribution in [-0.2, 0) is 6.18 Å². The minimum atomic E-state index is -4.48. The van der Waals surface area contributed by atoms with Crippen LogP contribution in [0.1, 0.15) is 27.9 Å². The minimum absolute atomic E-state index is 0.0220. The fraction of sp³-hybridized carbons (Fsp3) is 0.167. The lowest BCUT2D eigenvalue weighted by Crippen LogP contribution is -2.31. The van der Waals surface area contributed by atoms with Gasteiger partial charge in [0.2, 0.25) is 5.82 Å². The maximum absolute atomic E-state index is 13.2. The van der Waals surface area contributed by atoms with Crippen LogP contribution in [0.5, 0.6) is 0 Å². The van der Waals surface area contributed by atoms with Crippen LogP contribution in [0.15, 0.2) is 47.0 Å². The van der Waals surface area contributed by atoms with Crippen LogP contribution in [-0.4, -0.2) is 27.8 Å². The van der Waals surface area contributed by atoms with Crippen molar-refractivity contribution >= 4 is 17.5 Å². The van der Waals surface area contributed by atoms with Gasteiger partial charge in [-0.05, 0) is 30.3 Å². The molecule has 0 aliphatic rings. The van der Waals surface area contributed by atoms with Crippen molar-refractivity contribution in [2.24, 2.45) is 0 Å². The van der Waals surface area contributed by atoms with Gasteiger partial charge in [-0.2, -0.15) is 18.2 Å². The molecular formula is C18H12ClF4N3O3. The van der Waals surface area contributed by atoms with Crippen molar-refractivity contribution in [1.29, 1.82) is 0 Å². The smallest absolute Gasteiger partial charge is 0.394 e. The molecule has 3 rings (SSSR count). The third kappa shape index (κ3) is 4.72. The van der Waals surface area contributed by atoms with Crippen LogP contribution in [0, 0.1) is 5.82 Å². The molecule has 0 spiro atoms. The van der Waals surface area contributed by atoms with E-state index in [1.807, 2.05) is 0 Å². The number of aromatic nitrogens is 2. The second-order valence-electron chi connectivity index (χ2n) is 5.87. The number of aliphatic hydroxyl groups is 1. The van der Waals surface area contributed by atoms with Gasteiger partial charge >= 0.3 is 6.18 Å². The number of hydrogen-bond acceptors (Lipinski definition) is 5. The number of nitrogens with zero attached hydrogens (tertiary/aromatic N) is 2. The number of alkyl halides is 3. The number of hydrogen-bond donors (Lipinski definition) is 2. The summed E-state index contributed by atoms with van der Waals surface area (Å²) in [6.45, 7) is -0.602. The molecule has 0 saturated carbocycles. The predicted octanol–water partition coefficient (Wildman–Crippen LogP) is 4.01. The van der Waals surface area contributed by atoms with Crippen molar-refractivity contribution in [2.75, 3.05) is 6.61 Å². The fourth-order valence-electron chi connectivity index (χ4n) is 2.37. The Bertz CT molecular complexity index is 1020. The largest absolute Gasteiger partial charge is 0.416 e. The highest BCUT2D eigenvalue weighted by atomic mass is 35.5. The van der Waals surface area contributed by atoms with E-state index in [0.29, 0.717) is 0 Å². The Morgan fingerprint density at radius 1 is 1.21 bits per heavy atom. The summed E-state index contributed by atoms with van der Waals surface area (Å²) in [5.41, 5.74) is -0.540. The summed E-state index contributed by atoms with van der Waals surface area (Å²) < 4.78 is 56.1. The van der Waals surface area contributed by atoms with Gasteiger partial charge in [-0.15, -0.1) is 0 Å². The molecule has 0 bridgehead atoms. The molecule has 29 heavy (non-hydrogen) atoms. The molecule has 0 radical (unpaired) electrons. The Labute approximate surface area is 166 Å². The Morgan fingerprint density at radius 2 is 1.90 bits per heavy atom. The molecule has 1 heterocycles. The highest BCUT2D eigenvalue weighted by Gasteiger charge is 2.30. The number of halogens is 5. The van der Waals surface area contributed by atoms with Crippen LogP contribution in [0.3, 0.4) is 0 Å². The summed E-state index contributed by atoms with van der Waals surface area (Å²) in [7, 11) is 0. The van der Waals surface area contributed by atoms with E-state index in [9.17, 15) is 27.5 Å². The van der Waals surface area contributed by atoms with Crippen molar-refractivity contribution in [3.05, 3.63) is 70.3 Å². The van der Waals surface area contributed by atoms with Crippen LogP contribution < -0.4 is 5.32 Å². The molecule has 0 fully saturated rings.